The molecule has 0 atom stereocenters. The highest BCUT2D eigenvalue weighted by Gasteiger charge is 2.17. The van der Waals surface area contributed by atoms with Gasteiger partial charge in [-0.15, -0.1) is 0 Å². The monoisotopic (exact) mass is 386 g/mol. The molecule has 0 saturated carbocycles. The summed E-state index contributed by atoms with van der Waals surface area (Å²) in [5, 5.41) is 19.2. The second-order valence-electron chi connectivity index (χ2n) is 6.44. The Morgan fingerprint density at radius 1 is 1.24 bits per heavy atom. The van der Waals surface area contributed by atoms with Gasteiger partial charge in [0.25, 0.3) is 5.91 Å². The fourth-order valence-corrected chi connectivity index (χ4v) is 3.01. The van der Waals surface area contributed by atoms with Gasteiger partial charge in [0, 0.05) is 16.8 Å². The quantitative estimate of drug-likeness (QED) is 0.511. The van der Waals surface area contributed by atoms with Gasteiger partial charge < -0.3 is 14.8 Å². The van der Waals surface area contributed by atoms with Crippen LogP contribution >= 0.6 is 0 Å². The van der Waals surface area contributed by atoms with E-state index in [1.165, 1.54) is 11.6 Å². The number of nitrogens with zero attached hydrogens (tertiary/aromatic N) is 2. The van der Waals surface area contributed by atoms with Gasteiger partial charge in [0.05, 0.1) is 11.9 Å². The second-order valence-corrected chi connectivity index (χ2v) is 6.44. The lowest BCUT2D eigenvalue weighted by atomic mass is 10.1. The first-order chi connectivity index (χ1) is 14.2. The van der Waals surface area contributed by atoms with Gasteiger partial charge in [0.2, 0.25) is 6.79 Å². The molecular formula is C22H18N4O3. The van der Waals surface area contributed by atoms with E-state index in [9.17, 15) is 10.1 Å². The molecule has 4 rings (SSSR count). The van der Waals surface area contributed by atoms with E-state index in [0.29, 0.717) is 28.4 Å². The summed E-state index contributed by atoms with van der Waals surface area (Å²) >= 11 is 0. The summed E-state index contributed by atoms with van der Waals surface area (Å²) in [7, 11) is 0. The van der Waals surface area contributed by atoms with Crippen molar-refractivity contribution in [1.82, 2.24) is 10.2 Å². The van der Waals surface area contributed by atoms with Crippen molar-refractivity contribution in [2.75, 3.05) is 12.1 Å². The third kappa shape index (κ3) is 3.82. The average Bonchev–Trinajstić information content (AvgIpc) is 3.41. The number of aromatic nitrogens is 2. The van der Waals surface area contributed by atoms with E-state index in [0.717, 1.165) is 12.0 Å². The van der Waals surface area contributed by atoms with E-state index in [1.807, 2.05) is 48.5 Å². The summed E-state index contributed by atoms with van der Waals surface area (Å²) in [5.74, 6) is 0.840. The lowest BCUT2D eigenvalue weighted by Crippen LogP contribution is -2.13. The number of hydrogen-bond donors (Lipinski definition) is 2. The number of amides is 1. The molecule has 29 heavy (non-hydrogen) atoms. The van der Waals surface area contributed by atoms with Crippen LogP contribution in [0.2, 0.25) is 0 Å². The maximum atomic E-state index is 12.6. The Bertz CT molecular complexity index is 1120. The number of H-pyrrole nitrogens is 1. The zero-order chi connectivity index (χ0) is 20.2. The molecular weight excluding hydrogens is 368 g/mol. The van der Waals surface area contributed by atoms with E-state index in [4.69, 9.17) is 9.47 Å². The molecule has 1 aliphatic rings. The molecule has 2 heterocycles. The molecule has 0 spiro atoms. The van der Waals surface area contributed by atoms with Crippen LogP contribution in [0.1, 0.15) is 18.1 Å². The van der Waals surface area contributed by atoms with E-state index in [-0.39, 0.29) is 12.4 Å². The molecule has 3 aromatic rings. The Morgan fingerprint density at radius 3 is 2.79 bits per heavy atom. The first-order valence-electron chi connectivity index (χ1n) is 9.13. The van der Waals surface area contributed by atoms with E-state index < -0.39 is 5.91 Å². The fraction of sp³-hybridized carbons (Fsp3) is 0.136. The summed E-state index contributed by atoms with van der Waals surface area (Å²) in [6, 6.07) is 15.0. The molecule has 0 aliphatic carbocycles. The topological polar surface area (TPSA) is 100 Å². The number of aryl methyl sites for hydroxylation is 1. The van der Waals surface area contributed by atoms with Crippen molar-refractivity contribution < 1.29 is 14.3 Å². The molecule has 0 saturated heterocycles. The highest BCUT2D eigenvalue weighted by molar-refractivity contribution is 6.10. The number of carbonyl (C=O) groups is 1. The van der Waals surface area contributed by atoms with Crippen LogP contribution in [0.5, 0.6) is 11.5 Å². The van der Waals surface area contributed by atoms with Gasteiger partial charge in [0.1, 0.15) is 11.6 Å². The Kier molecular flexibility index (Phi) is 4.99. The number of nitrogens with one attached hydrogen (secondary N) is 2. The fourth-order valence-electron chi connectivity index (χ4n) is 3.01. The molecule has 7 heteroatoms. The highest BCUT2D eigenvalue weighted by Crippen LogP contribution is 2.36. The normalized spacial score (nSPS) is 12.5. The number of benzene rings is 2. The summed E-state index contributed by atoms with van der Waals surface area (Å²) in [6.45, 7) is 2.25. The Balaban J connectivity index is 1.58. The number of ether oxygens (including phenoxy) is 2. The third-order valence-corrected chi connectivity index (χ3v) is 4.61. The van der Waals surface area contributed by atoms with Crippen molar-refractivity contribution >= 4 is 17.7 Å². The molecule has 144 valence electrons. The Labute approximate surface area is 167 Å². The van der Waals surface area contributed by atoms with Crippen molar-refractivity contribution in [3.05, 3.63) is 65.4 Å². The Hall–Kier alpha value is -4.05. The third-order valence-electron chi connectivity index (χ3n) is 4.61. The van der Waals surface area contributed by atoms with Crippen LogP contribution in [0.15, 0.2) is 54.2 Å². The lowest BCUT2D eigenvalue weighted by molar-refractivity contribution is -0.112. The number of nitriles is 1. The van der Waals surface area contributed by atoms with Crippen LogP contribution < -0.4 is 14.8 Å². The molecule has 0 fully saturated rings. The largest absolute Gasteiger partial charge is 0.454 e. The number of anilines is 1. The predicted octanol–water partition coefficient (Wildman–Crippen LogP) is 3.91. The molecule has 1 amide bonds. The van der Waals surface area contributed by atoms with Gasteiger partial charge in [-0.2, -0.15) is 10.4 Å². The molecule has 1 aliphatic heterocycles. The van der Waals surface area contributed by atoms with Gasteiger partial charge in [-0.25, -0.2) is 0 Å². The maximum absolute atomic E-state index is 12.6. The van der Waals surface area contributed by atoms with Crippen molar-refractivity contribution in [3.8, 4) is 28.8 Å². The van der Waals surface area contributed by atoms with Crippen molar-refractivity contribution in [3.63, 3.8) is 0 Å². The first kappa shape index (κ1) is 18.3. The Morgan fingerprint density at radius 2 is 2.03 bits per heavy atom. The molecule has 7 nitrogen and oxygen atoms in total. The van der Waals surface area contributed by atoms with Crippen LogP contribution in [0.25, 0.3) is 17.3 Å². The molecule has 0 radical (unpaired) electrons. The summed E-state index contributed by atoms with van der Waals surface area (Å²) in [6.07, 6.45) is 4.00. The second kappa shape index (κ2) is 7.90. The van der Waals surface area contributed by atoms with Gasteiger partial charge in [-0.3, -0.25) is 9.89 Å². The molecule has 0 unspecified atom stereocenters. The molecule has 2 N–H and O–H groups in total. The van der Waals surface area contributed by atoms with Crippen LogP contribution in [-0.4, -0.2) is 22.9 Å². The summed E-state index contributed by atoms with van der Waals surface area (Å²) < 4.78 is 10.7. The van der Waals surface area contributed by atoms with Gasteiger partial charge in [0.15, 0.2) is 11.5 Å². The SMILES string of the molecule is CCc1ccc(NC(=O)C(C#N)=Cc2cn[nH]c2-c2ccc3c(c2)OCO3)cc1. The number of fused-ring (bicyclic) bond motifs is 1. The number of carbonyl (C=O) groups excluding carboxylic acids is 1. The van der Waals surface area contributed by atoms with Crippen molar-refractivity contribution in [2.24, 2.45) is 0 Å². The minimum Gasteiger partial charge on any atom is -0.454 e. The minimum atomic E-state index is -0.477. The predicted molar refractivity (Wildman–Crippen MR) is 108 cm³/mol. The molecule has 0 bridgehead atoms. The number of aromatic amines is 1. The lowest BCUT2D eigenvalue weighted by Gasteiger charge is -2.06. The van der Waals surface area contributed by atoms with E-state index in [1.54, 1.807) is 6.20 Å². The zero-order valence-corrected chi connectivity index (χ0v) is 15.7. The minimum absolute atomic E-state index is 0.0204. The zero-order valence-electron chi connectivity index (χ0n) is 15.7. The number of hydrogen-bond acceptors (Lipinski definition) is 5. The van der Waals surface area contributed by atoms with Crippen LogP contribution in [0.4, 0.5) is 5.69 Å². The van der Waals surface area contributed by atoms with Gasteiger partial charge in [-0.05, 0) is 48.4 Å². The van der Waals surface area contributed by atoms with Crippen LogP contribution in [0.3, 0.4) is 0 Å². The van der Waals surface area contributed by atoms with Crippen molar-refractivity contribution in [2.45, 2.75) is 13.3 Å². The van der Waals surface area contributed by atoms with E-state index >= 15 is 0 Å². The van der Waals surface area contributed by atoms with E-state index in [2.05, 4.69) is 22.4 Å². The maximum Gasteiger partial charge on any atom is 0.266 e. The molecule has 2 aromatic carbocycles. The molecule has 1 aromatic heterocycles. The van der Waals surface area contributed by atoms with Gasteiger partial charge in [-0.1, -0.05) is 19.1 Å². The van der Waals surface area contributed by atoms with Crippen LogP contribution in [0, 0.1) is 11.3 Å². The summed E-state index contributed by atoms with van der Waals surface area (Å²) in [5.41, 5.74) is 3.90. The standard InChI is InChI=1S/C22H18N4O3/c1-2-14-3-6-18(7-4-14)25-22(27)16(11-23)9-17-12-24-26-21(17)15-5-8-19-20(10-15)29-13-28-19/h3-10,12H,2,13H2,1H3,(H,24,26)(H,25,27). The summed E-state index contributed by atoms with van der Waals surface area (Å²) in [4.78, 5) is 12.6. The highest BCUT2D eigenvalue weighted by atomic mass is 16.7. The average molecular weight is 386 g/mol. The van der Waals surface area contributed by atoms with Crippen LogP contribution in [-0.2, 0) is 11.2 Å². The van der Waals surface area contributed by atoms with Gasteiger partial charge >= 0.3 is 0 Å². The number of rotatable bonds is 5. The first-order valence-corrected chi connectivity index (χ1v) is 9.13. The van der Waals surface area contributed by atoms with Crippen molar-refractivity contribution in [1.29, 1.82) is 5.26 Å². The smallest absolute Gasteiger partial charge is 0.266 e.